The molecule has 0 radical (unpaired) electrons. The van der Waals surface area contributed by atoms with Crippen molar-refractivity contribution in [1.29, 1.82) is 0 Å². The molecule has 0 aromatic heterocycles. The number of aliphatic hydroxyl groups excluding tert-OH is 1. The third-order valence-corrected chi connectivity index (χ3v) is 2.42. The Morgan fingerprint density at radius 1 is 1.31 bits per heavy atom. The molecular formula is C7H9O5P. The van der Waals surface area contributed by atoms with E-state index in [1.807, 2.05) is 0 Å². The van der Waals surface area contributed by atoms with Gasteiger partial charge in [-0.25, -0.2) is 0 Å². The fraction of sp³-hybridized carbons (Fsp3) is 0.143. The zero-order valence-electron chi connectivity index (χ0n) is 6.53. The van der Waals surface area contributed by atoms with Gasteiger partial charge in [-0.15, -0.1) is 0 Å². The third-order valence-electron chi connectivity index (χ3n) is 1.49. The van der Waals surface area contributed by atoms with Crippen LogP contribution in [-0.4, -0.2) is 20.0 Å². The molecule has 5 nitrogen and oxygen atoms in total. The highest BCUT2D eigenvalue weighted by Crippen LogP contribution is 2.49. The lowest BCUT2D eigenvalue weighted by Crippen LogP contribution is -1.97. The Balaban J connectivity index is 3.02. The maximum atomic E-state index is 10.6. The Morgan fingerprint density at radius 2 is 1.92 bits per heavy atom. The van der Waals surface area contributed by atoms with Gasteiger partial charge in [0.05, 0.1) is 0 Å². The Bertz CT molecular complexity index is 344. The first-order valence-corrected chi connectivity index (χ1v) is 5.11. The van der Waals surface area contributed by atoms with Crippen molar-refractivity contribution >= 4 is 7.60 Å². The highest BCUT2D eigenvalue weighted by atomic mass is 31.2. The quantitative estimate of drug-likeness (QED) is 0.527. The number of phenols is 1. The van der Waals surface area contributed by atoms with E-state index in [9.17, 15) is 4.57 Å². The molecule has 6 heteroatoms. The minimum Gasteiger partial charge on any atom is -0.508 e. The van der Waals surface area contributed by atoms with Crippen LogP contribution in [0, 0.1) is 0 Å². The first-order chi connectivity index (χ1) is 5.91. The van der Waals surface area contributed by atoms with Crippen LogP contribution in [0.5, 0.6) is 5.75 Å². The Kier molecular flexibility index (Phi) is 2.73. The van der Waals surface area contributed by atoms with Crippen molar-refractivity contribution in [2.75, 3.05) is 0 Å². The summed E-state index contributed by atoms with van der Waals surface area (Å²) in [7, 11) is -4.55. The van der Waals surface area contributed by atoms with Crippen molar-refractivity contribution in [3.05, 3.63) is 29.8 Å². The molecule has 1 atom stereocenters. The van der Waals surface area contributed by atoms with Gasteiger partial charge in [0.15, 0.2) is 5.85 Å². The van der Waals surface area contributed by atoms with Gasteiger partial charge in [-0.3, -0.25) is 4.57 Å². The van der Waals surface area contributed by atoms with Crippen molar-refractivity contribution < 1.29 is 24.6 Å². The second-order valence-electron chi connectivity index (χ2n) is 2.56. The molecule has 0 aliphatic rings. The Labute approximate surface area is 74.4 Å². The van der Waals surface area contributed by atoms with E-state index in [1.165, 1.54) is 18.2 Å². The first-order valence-electron chi connectivity index (χ1n) is 3.43. The molecule has 0 bridgehead atoms. The zero-order valence-corrected chi connectivity index (χ0v) is 7.43. The van der Waals surface area contributed by atoms with E-state index in [1.54, 1.807) is 0 Å². The van der Waals surface area contributed by atoms with Gasteiger partial charge in [0.2, 0.25) is 0 Å². The van der Waals surface area contributed by atoms with Crippen LogP contribution >= 0.6 is 7.60 Å². The van der Waals surface area contributed by atoms with Crippen molar-refractivity contribution in [2.24, 2.45) is 0 Å². The number of aliphatic hydroxyl groups is 1. The molecule has 0 heterocycles. The van der Waals surface area contributed by atoms with E-state index in [4.69, 9.17) is 20.0 Å². The van der Waals surface area contributed by atoms with Crippen LogP contribution in [0.1, 0.15) is 11.4 Å². The highest BCUT2D eigenvalue weighted by Gasteiger charge is 2.27. The fourth-order valence-corrected chi connectivity index (χ4v) is 1.43. The normalized spacial score (nSPS) is 14.1. The van der Waals surface area contributed by atoms with E-state index >= 15 is 0 Å². The lowest BCUT2D eigenvalue weighted by atomic mass is 10.2. The third kappa shape index (κ3) is 2.54. The van der Waals surface area contributed by atoms with Crippen LogP contribution < -0.4 is 0 Å². The summed E-state index contributed by atoms with van der Waals surface area (Å²) in [6.45, 7) is 0. The lowest BCUT2D eigenvalue weighted by molar-refractivity contribution is 0.205. The SMILES string of the molecule is O=P(O)(O)C(O)c1cccc(O)c1. The minimum absolute atomic E-state index is 0.00617. The van der Waals surface area contributed by atoms with Gasteiger partial charge in [-0.1, -0.05) is 12.1 Å². The number of hydrogen-bond donors (Lipinski definition) is 4. The standard InChI is InChI=1S/C7H9O5P/c8-6-3-1-2-5(4-6)7(9)13(10,11)12/h1-4,7-9H,(H2,10,11,12). The Morgan fingerprint density at radius 3 is 2.38 bits per heavy atom. The number of phenolic OH excluding ortho intramolecular Hbond substituents is 1. The molecule has 1 aromatic rings. The van der Waals surface area contributed by atoms with Crippen LogP contribution in [0.3, 0.4) is 0 Å². The minimum atomic E-state index is -4.55. The molecular weight excluding hydrogens is 195 g/mol. The van der Waals surface area contributed by atoms with E-state index in [-0.39, 0.29) is 11.3 Å². The van der Waals surface area contributed by atoms with Crippen LogP contribution in [0.2, 0.25) is 0 Å². The maximum Gasteiger partial charge on any atom is 0.358 e. The summed E-state index contributed by atoms with van der Waals surface area (Å²) in [6, 6.07) is 5.16. The average molecular weight is 204 g/mol. The smallest absolute Gasteiger partial charge is 0.358 e. The molecule has 0 aliphatic carbocycles. The molecule has 0 aliphatic heterocycles. The second kappa shape index (κ2) is 3.47. The largest absolute Gasteiger partial charge is 0.508 e. The maximum absolute atomic E-state index is 10.6. The summed E-state index contributed by atoms with van der Waals surface area (Å²) >= 11 is 0. The molecule has 0 fully saturated rings. The predicted molar refractivity (Wildman–Crippen MR) is 45.1 cm³/mol. The summed E-state index contributed by atoms with van der Waals surface area (Å²) in [5.41, 5.74) is -0.00617. The summed E-state index contributed by atoms with van der Waals surface area (Å²) in [6.07, 6.45) is 0. The topological polar surface area (TPSA) is 98.0 Å². The number of benzene rings is 1. The van der Waals surface area contributed by atoms with Crippen LogP contribution in [0.25, 0.3) is 0 Å². The number of aromatic hydroxyl groups is 1. The summed E-state index contributed by atoms with van der Waals surface area (Å²) < 4.78 is 10.6. The highest BCUT2D eigenvalue weighted by molar-refractivity contribution is 7.51. The number of rotatable bonds is 2. The molecule has 1 unspecified atom stereocenters. The summed E-state index contributed by atoms with van der Waals surface area (Å²) in [4.78, 5) is 17.2. The average Bonchev–Trinajstić information content (AvgIpc) is 2.01. The fourth-order valence-electron chi connectivity index (χ4n) is 0.880. The Hall–Kier alpha value is -0.870. The van der Waals surface area contributed by atoms with Gasteiger partial charge in [0.25, 0.3) is 0 Å². The lowest BCUT2D eigenvalue weighted by Gasteiger charge is -2.12. The van der Waals surface area contributed by atoms with E-state index in [0.717, 1.165) is 6.07 Å². The van der Waals surface area contributed by atoms with Gasteiger partial charge in [0.1, 0.15) is 5.75 Å². The van der Waals surface area contributed by atoms with Gasteiger partial charge >= 0.3 is 7.60 Å². The van der Waals surface area contributed by atoms with Gasteiger partial charge in [0, 0.05) is 0 Å². The van der Waals surface area contributed by atoms with Crippen molar-refractivity contribution in [3.63, 3.8) is 0 Å². The molecule has 0 saturated carbocycles. The van der Waals surface area contributed by atoms with Crippen LogP contribution in [0.15, 0.2) is 24.3 Å². The molecule has 4 N–H and O–H groups in total. The van der Waals surface area contributed by atoms with Gasteiger partial charge in [-0.05, 0) is 17.7 Å². The van der Waals surface area contributed by atoms with E-state index in [2.05, 4.69) is 0 Å². The second-order valence-corrected chi connectivity index (χ2v) is 4.23. The predicted octanol–water partition coefficient (Wildman–Crippen LogP) is 0.561. The zero-order chi connectivity index (χ0) is 10.1. The molecule has 0 spiro atoms. The van der Waals surface area contributed by atoms with Crippen molar-refractivity contribution in [1.82, 2.24) is 0 Å². The molecule has 13 heavy (non-hydrogen) atoms. The van der Waals surface area contributed by atoms with Crippen molar-refractivity contribution in [2.45, 2.75) is 5.85 Å². The molecule has 0 amide bonds. The molecule has 72 valence electrons. The molecule has 0 saturated heterocycles. The van der Waals surface area contributed by atoms with Crippen molar-refractivity contribution in [3.8, 4) is 5.75 Å². The van der Waals surface area contributed by atoms with Gasteiger partial charge in [-0.2, -0.15) is 0 Å². The van der Waals surface area contributed by atoms with Crippen LogP contribution in [0.4, 0.5) is 0 Å². The first kappa shape index (κ1) is 10.2. The summed E-state index contributed by atoms with van der Waals surface area (Å²) in [5, 5.41) is 18.1. The number of hydrogen-bond acceptors (Lipinski definition) is 3. The van der Waals surface area contributed by atoms with E-state index in [0.29, 0.717) is 0 Å². The summed E-state index contributed by atoms with van der Waals surface area (Å²) in [5.74, 6) is -2.02. The van der Waals surface area contributed by atoms with Crippen LogP contribution in [-0.2, 0) is 4.57 Å². The molecule has 1 aromatic carbocycles. The van der Waals surface area contributed by atoms with Gasteiger partial charge < -0.3 is 20.0 Å². The monoisotopic (exact) mass is 204 g/mol. The molecule has 1 rings (SSSR count). The van der Waals surface area contributed by atoms with E-state index < -0.39 is 13.4 Å².